The summed E-state index contributed by atoms with van der Waals surface area (Å²) >= 11 is 0. The third-order valence-corrected chi connectivity index (χ3v) is 9.83. The molecular formula is C24H40O4Si. The fourth-order valence-corrected chi connectivity index (χ4v) is 8.70. The summed E-state index contributed by atoms with van der Waals surface area (Å²) in [5, 5.41) is 10.7. The third kappa shape index (κ3) is 3.76. The molecule has 0 unspecified atom stereocenters. The molecule has 0 aliphatic heterocycles. The number of carbonyl (C=O) groups excluding carboxylic acids is 1. The Bertz CT molecular complexity index is 683. The molecule has 0 radical (unpaired) electrons. The number of carbonyl (C=O) groups is 1. The van der Waals surface area contributed by atoms with E-state index in [4.69, 9.17) is 9.16 Å². The highest BCUT2D eigenvalue weighted by Gasteiger charge is 2.60. The monoisotopic (exact) mass is 420 g/mol. The Balaban J connectivity index is 1.63. The van der Waals surface area contributed by atoms with E-state index in [0.29, 0.717) is 30.5 Å². The van der Waals surface area contributed by atoms with Crippen LogP contribution in [-0.2, 0) is 14.0 Å². The van der Waals surface area contributed by atoms with Crippen LogP contribution in [-0.4, -0.2) is 38.2 Å². The Morgan fingerprint density at radius 3 is 2.62 bits per heavy atom. The molecule has 0 saturated heterocycles. The molecule has 4 aliphatic carbocycles. The quantitative estimate of drug-likeness (QED) is 0.392. The van der Waals surface area contributed by atoms with Crippen molar-refractivity contribution in [2.24, 2.45) is 28.6 Å². The van der Waals surface area contributed by atoms with Crippen LogP contribution in [0.15, 0.2) is 11.6 Å². The molecule has 4 aliphatic rings. The minimum absolute atomic E-state index is 0.0112. The number of aliphatic hydroxyl groups is 1. The maximum atomic E-state index is 11.8. The summed E-state index contributed by atoms with van der Waals surface area (Å²) in [6, 6.07) is 0. The first-order valence-corrected chi connectivity index (χ1v) is 15.1. The number of rotatable bonds is 4. The van der Waals surface area contributed by atoms with E-state index in [1.165, 1.54) is 12.5 Å². The molecule has 0 spiro atoms. The van der Waals surface area contributed by atoms with Gasteiger partial charge >= 0.3 is 5.97 Å². The second kappa shape index (κ2) is 7.49. The molecule has 1 N–H and O–H groups in total. The van der Waals surface area contributed by atoms with Gasteiger partial charge in [-0.15, -0.1) is 0 Å². The van der Waals surface area contributed by atoms with Crippen LogP contribution in [0.25, 0.3) is 0 Å². The van der Waals surface area contributed by atoms with Gasteiger partial charge in [0.15, 0.2) is 8.32 Å². The van der Waals surface area contributed by atoms with E-state index in [1.807, 2.05) is 0 Å². The number of ether oxygens (including phenoxy) is 1. The second-order valence-electron chi connectivity index (χ2n) is 11.5. The van der Waals surface area contributed by atoms with E-state index >= 15 is 0 Å². The average Bonchev–Trinajstić information content (AvgIpc) is 2.94. The molecule has 5 heteroatoms. The standard InChI is InChI=1S/C24H40O4Si/c1-16(25)27-15-24-13-10-18(28-29(3,4)5)14-17(24)6-7-19-20-8-9-22(26)23(20,2)12-11-21(19)24/h6,18-22,26H,7-15H2,1-5H3/t18-,19-,20-,21-,22-,23-,24+/m0/s1. The highest BCUT2D eigenvalue weighted by molar-refractivity contribution is 6.69. The van der Waals surface area contributed by atoms with Gasteiger partial charge in [0.1, 0.15) is 6.61 Å². The molecule has 3 saturated carbocycles. The van der Waals surface area contributed by atoms with E-state index in [1.54, 1.807) is 0 Å². The SMILES string of the molecule is CC(=O)OC[C@]12CC[C@H](O[Si](C)(C)C)CC1=CC[C@@H]1[C@@H]2CC[C@]2(C)[C@@H](O)CC[C@@H]12. The Morgan fingerprint density at radius 2 is 1.93 bits per heavy atom. The van der Waals surface area contributed by atoms with Crippen molar-refractivity contribution in [3.8, 4) is 0 Å². The molecule has 0 amide bonds. The lowest BCUT2D eigenvalue weighted by atomic mass is 9.47. The normalized spacial score (nSPS) is 44.3. The van der Waals surface area contributed by atoms with Gasteiger partial charge in [0, 0.05) is 18.4 Å². The zero-order valence-corrected chi connectivity index (χ0v) is 20.0. The third-order valence-electron chi connectivity index (χ3n) is 8.79. The fraction of sp³-hybridized carbons (Fsp3) is 0.875. The lowest BCUT2D eigenvalue weighted by Crippen LogP contribution is -2.54. The lowest BCUT2D eigenvalue weighted by Gasteiger charge is -2.58. The van der Waals surface area contributed by atoms with Crippen molar-refractivity contribution < 1.29 is 19.1 Å². The molecular weight excluding hydrogens is 380 g/mol. The molecule has 0 aromatic heterocycles. The molecule has 4 nitrogen and oxygen atoms in total. The molecule has 0 heterocycles. The van der Waals surface area contributed by atoms with Gasteiger partial charge < -0.3 is 14.3 Å². The van der Waals surface area contributed by atoms with Gasteiger partial charge in [-0.3, -0.25) is 4.79 Å². The van der Waals surface area contributed by atoms with E-state index in [-0.39, 0.29) is 22.9 Å². The van der Waals surface area contributed by atoms with Gasteiger partial charge in [0.2, 0.25) is 0 Å². The summed E-state index contributed by atoms with van der Waals surface area (Å²) in [5.41, 5.74) is 1.56. The van der Waals surface area contributed by atoms with E-state index < -0.39 is 8.32 Å². The van der Waals surface area contributed by atoms with E-state index in [2.05, 4.69) is 32.6 Å². The average molecular weight is 421 g/mol. The Labute approximate surface area is 177 Å². The summed E-state index contributed by atoms with van der Waals surface area (Å²) in [5.74, 6) is 1.61. The summed E-state index contributed by atoms with van der Waals surface area (Å²) in [7, 11) is -1.57. The summed E-state index contributed by atoms with van der Waals surface area (Å²) in [6.45, 7) is 11.2. The van der Waals surface area contributed by atoms with E-state index in [0.717, 1.165) is 51.4 Å². The van der Waals surface area contributed by atoms with Crippen molar-refractivity contribution in [2.75, 3.05) is 6.61 Å². The van der Waals surface area contributed by atoms with Crippen molar-refractivity contribution in [1.82, 2.24) is 0 Å². The van der Waals surface area contributed by atoms with Crippen LogP contribution in [0.2, 0.25) is 19.6 Å². The zero-order chi connectivity index (χ0) is 21.0. The van der Waals surface area contributed by atoms with Gasteiger partial charge in [-0.05, 0) is 94.2 Å². The van der Waals surface area contributed by atoms with Crippen molar-refractivity contribution in [3.63, 3.8) is 0 Å². The van der Waals surface area contributed by atoms with Crippen molar-refractivity contribution in [1.29, 1.82) is 0 Å². The fourth-order valence-electron chi connectivity index (χ4n) is 7.50. The first kappa shape index (κ1) is 21.6. The maximum Gasteiger partial charge on any atom is 0.302 e. The second-order valence-corrected chi connectivity index (χ2v) is 16.0. The van der Waals surface area contributed by atoms with Crippen LogP contribution >= 0.6 is 0 Å². The van der Waals surface area contributed by atoms with Crippen LogP contribution < -0.4 is 0 Å². The molecule has 0 bridgehead atoms. The smallest absolute Gasteiger partial charge is 0.302 e. The largest absolute Gasteiger partial charge is 0.465 e. The topological polar surface area (TPSA) is 55.8 Å². The van der Waals surface area contributed by atoms with Gasteiger partial charge in [-0.2, -0.15) is 0 Å². The minimum atomic E-state index is -1.57. The summed E-state index contributed by atoms with van der Waals surface area (Å²) in [6.07, 6.45) is 11.2. The Kier molecular flexibility index (Phi) is 5.57. The van der Waals surface area contributed by atoms with Crippen molar-refractivity contribution in [2.45, 2.75) is 97.1 Å². The van der Waals surface area contributed by atoms with Gasteiger partial charge in [0.25, 0.3) is 0 Å². The first-order valence-electron chi connectivity index (χ1n) is 11.7. The number of fused-ring (bicyclic) bond motifs is 5. The van der Waals surface area contributed by atoms with Crippen molar-refractivity contribution >= 4 is 14.3 Å². The number of aliphatic hydroxyl groups excluding tert-OH is 1. The first-order chi connectivity index (χ1) is 13.6. The number of hydrogen-bond donors (Lipinski definition) is 1. The van der Waals surface area contributed by atoms with Crippen LogP contribution in [0.4, 0.5) is 0 Å². The molecule has 29 heavy (non-hydrogen) atoms. The van der Waals surface area contributed by atoms with Crippen LogP contribution in [0.5, 0.6) is 0 Å². The predicted octanol–water partition coefficient (Wildman–Crippen LogP) is 5.07. The summed E-state index contributed by atoms with van der Waals surface area (Å²) in [4.78, 5) is 11.8. The highest BCUT2D eigenvalue weighted by atomic mass is 28.4. The number of esters is 1. The lowest BCUT2D eigenvalue weighted by molar-refractivity contribution is -0.150. The van der Waals surface area contributed by atoms with Crippen molar-refractivity contribution in [3.05, 3.63) is 11.6 Å². The van der Waals surface area contributed by atoms with Gasteiger partial charge in [-0.25, -0.2) is 0 Å². The zero-order valence-electron chi connectivity index (χ0n) is 19.0. The van der Waals surface area contributed by atoms with Crippen LogP contribution in [0.1, 0.15) is 65.2 Å². The maximum absolute atomic E-state index is 11.8. The minimum Gasteiger partial charge on any atom is -0.465 e. The summed E-state index contributed by atoms with van der Waals surface area (Å²) < 4.78 is 12.2. The Morgan fingerprint density at radius 1 is 1.17 bits per heavy atom. The predicted molar refractivity (Wildman–Crippen MR) is 117 cm³/mol. The van der Waals surface area contributed by atoms with Crippen LogP contribution in [0, 0.1) is 28.6 Å². The van der Waals surface area contributed by atoms with Gasteiger partial charge in [-0.1, -0.05) is 18.6 Å². The molecule has 7 atom stereocenters. The van der Waals surface area contributed by atoms with E-state index in [9.17, 15) is 9.90 Å². The molecule has 3 fully saturated rings. The highest BCUT2D eigenvalue weighted by Crippen LogP contribution is 2.65. The number of allylic oxidation sites excluding steroid dienone is 1. The molecule has 4 rings (SSSR count). The molecule has 0 aromatic rings. The van der Waals surface area contributed by atoms with Gasteiger partial charge in [0.05, 0.1) is 6.10 Å². The molecule has 0 aromatic carbocycles. The number of hydrogen-bond acceptors (Lipinski definition) is 4. The molecule has 164 valence electrons. The van der Waals surface area contributed by atoms with Crippen LogP contribution in [0.3, 0.4) is 0 Å². The Hall–Kier alpha value is -0.653.